The molecule has 170 valence electrons. The van der Waals surface area contributed by atoms with E-state index in [1.807, 2.05) is 46.7 Å². The van der Waals surface area contributed by atoms with Crippen molar-refractivity contribution in [3.8, 4) is 11.1 Å². The number of hydrogen-bond acceptors (Lipinski definition) is 5. The molecule has 3 aromatic heterocycles. The van der Waals surface area contributed by atoms with Crippen LogP contribution in [0.3, 0.4) is 0 Å². The second-order valence-electron chi connectivity index (χ2n) is 8.61. The molecule has 1 unspecified atom stereocenters. The fourth-order valence-corrected chi connectivity index (χ4v) is 4.64. The third kappa shape index (κ3) is 4.27. The molecule has 1 aromatic carbocycles. The van der Waals surface area contributed by atoms with E-state index in [1.54, 1.807) is 0 Å². The van der Waals surface area contributed by atoms with Crippen LogP contribution in [0, 0.1) is 0 Å². The number of aryl methyl sites for hydroxylation is 1. The SMILES string of the molecule is CCn1cc(-c2ccc3nc(C(N)=O)c(CC(O)CN4CCc5ccccc5C4)n3c2)cn1. The van der Waals surface area contributed by atoms with Crippen LogP contribution in [0.1, 0.15) is 34.2 Å². The molecule has 4 aromatic rings. The lowest BCUT2D eigenvalue weighted by molar-refractivity contribution is 0.0983. The molecule has 1 amide bonds. The lowest BCUT2D eigenvalue weighted by Gasteiger charge is -2.30. The van der Waals surface area contributed by atoms with Gasteiger partial charge in [0.2, 0.25) is 0 Å². The van der Waals surface area contributed by atoms with E-state index in [0.717, 1.165) is 37.2 Å². The zero-order valence-corrected chi connectivity index (χ0v) is 18.7. The summed E-state index contributed by atoms with van der Waals surface area (Å²) in [4.78, 5) is 18.8. The molecule has 1 aliphatic rings. The highest BCUT2D eigenvalue weighted by molar-refractivity contribution is 5.93. The number of rotatable bonds is 7. The van der Waals surface area contributed by atoms with Gasteiger partial charge in [-0.25, -0.2) is 4.98 Å². The van der Waals surface area contributed by atoms with Crippen molar-refractivity contribution in [1.82, 2.24) is 24.1 Å². The molecular formula is C25H28N6O2. The van der Waals surface area contributed by atoms with E-state index < -0.39 is 12.0 Å². The summed E-state index contributed by atoms with van der Waals surface area (Å²) in [5.74, 6) is -0.590. The maximum Gasteiger partial charge on any atom is 0.269 e. The number of amides is 1. The van der Waals surface area contributed by atoms with Crippen LogP contribution < -0.4 is 5.73 Å². The van der Waals surface area contributed by atoms with Crippen molar-refractivity contribution in [3.63, 3.8) is 0 Å². The maximum atomic E-state index is 12.1. The predicted octanol–water partition coefficient (Wildman–Crippen LogP) is 2.28. The van der Waals surface area contributed by atoms with Crippen molar-refractivity contribution in [3.05, 3.63) is 77.5 Å². The molecule has 5 rings (SSSR count). The van der Waals surface area contributed by atoms with E-state index in [9.17, 15) is 9.90 Å². The Morgan fingerprint density at radius 1 is 1.15 bits per heavy atom. The van der Waals surface area contributed by atoms with Gasteiger partial charge in [-0.15, -0.1) is 0 Å². The highest BCUT2D eigenvalue weighted by Crippen LogP contribution is 2.24. The number of imidazole rings is 1. The van der Waals surface area contributed by atoms with Crippen LogP contribution in [-0.4, -0.2) is 54.3 Å². The third-order valence-corrected chi connectivity index (χ3v) is 6.35. The Hall–Kier alpha value is -3.49. The lowest BCUT2D eigenvalue weighted by Crippen LogP contribution is -2.37. The molecule has 3 N–H and O–H groups in total. The summed E-state index contributed by atoms with van der Waals surface area (Å²) in [6.45, 7) is 5.06. The number of nitrogens with zero attached hydrogens (tertiary/aromatic N) is 5. The first-order valence-electron chi connectivity index (χ1n) is 11.3. The molecule has 4 heterocycles. The number of aromatic nitrogens is 4. The number of carbonyl (C=O) groups is 1. The van der Waals surface area contributed by atoms with Crippen LogP contribution in [0.5, 0.6) is 0 Å². The van der Waals surface area contributed by atoms with E-state index in [-0.39, 0.29) is 12.1 Å². The average molecular weight is 445 g/mol. The van der Waals surface area contributed by atoms with Crippen LogP contribution >= 0.6 is 0 Å². The predicted molar refractivity (Wildman–Crippen MR) is 126 cm³/mol. The second kappa shape index (κ2) is 8.80. The summed E-state index contributed by atoms with van der Waals surface area (Å²) in [6, 6.07) is 12.3. The number of carbonyl (C=O) groups excluding carboxylic acids is 1. The molecule has 1 aliphatic heterocycles. The molecular weight excluding hydrogens is 416 g/mol. The summed E-state index contributed by atoms with van der Waals surface area (Å²) >= 11 is 0. The minimum Gasteiger partial charge on any atom is -0.391 e. The number of benzene rings is 1. The Labute approximate surface area is 192 Å². The number of nitrogens with two attached hydrogens (primary N) is 1. The van der Waals surface area contributed by atoms with Gasteiger partial charge in [-0.1, -0.05) is 24.3 Å². The van der Waals surface area contributed by atoms with Gasteiger partial charge in [-0.2, -0.15) is 5.10 Å². The van der Waals surface area contributed by atoms with Gasteiger partial charge < -0.3 is 15.2 Å². The number of pyridine rings is 1. The van der Waals surface area contributed by atoms with Crippen molar-refractivity contribution in [2.75, 3.05) is 13.1 Å². The molecule has 0 radical (unpaired) electrons. The van der Waals surface area contributed by atoms with E-state index in [0.29, 0.717) is 17.9 Å². The highest BCUT2D eigenvalue weighted by atomic mass is 16.3. The summed E-state index contributed by atoms with van der Waals surface area (Å²) in [7, 11) is 0. The van der Waals surface area contributed by atoms with Crippen molar-refractivity contribution >= 4 is 11.6 Å². The first-order valence-corrected chi connectivity index (χ1v) is 11.3. The van der Waals surface area contributed by atoms with Gasteiger partial charge in [0.15, 0.2) is 0 Å². The summed E-state index contributed by atoms with van der Waals surface area (Å²) < 4.78 is 3.73. The van der Waals surface area contributed by atoms with Crippen molar-refractivity contribution in [1.29, 1.82) is 0 Å². The Bertz CT molecular complexity index is 1310. The lowest BCUT2D eigenvalue weighted by atomic mass is 9.99. The number of primary amides is 1. The molecule has 0 fully saturated rings. The van der Waals surface area contributed by atoms with Gasteiger partial charge in [0.05, 0.1) is 18.0 Å². The number of hydrogen-bond donors (Lipinski definition) is 2. The minimum atomic E-state index is -0.653. The molecule has 8 nitrogen and oxygen atoms in total. The van der Waals surface area contributed by atoms with Crippen molar-refractivity contribution in [2.24, 2.45) is 5.73 Å². The number of aliphatic hydroxyl groups is 1. The molecule has 0 bridgehead atoms. The quantitative estimate of drug-likeness (QED) is 0.455. The van der Waals surface area contributed by atoms with E-state index in [4.69, 9.17) is 5.73 Å². The maximum absolute atomic E-state index is 12.1. The average Bonchev–Trinajstić information content (AvgIpc) is 3.44. The van der Waals surface area contributed by atoms with Gasteiger partial charge in [0.25, 0.3) is 5.91 Å². The van der Waals surface area contributed by atoms with Crippen molar-refractivity contribution < 1.29 is 9.90 Å². The summed E-state index contributed by atoms with van der Waals surface area (Å²) in [5.41, 5.74) is 11.7. The van der Waals surface area contributed by atoms with Crippen LogP contribution in [0.2, 0.25) is 0 Å². The smallest absolute Gasteiger partial charge is 0.269 e. The Balaban J connectivity index is 1.40. The molecule has 0 saturated heterocycles. The van der Waals surface area contributed by atoms with Crippen LogP contribution in [0.4, 0.5) is 0 Å². The second-order valence-corrected chi connectivity index (χ2v) is 8.61. The van der Waals surface area contributed by atoms with Crippen LogP contribution in [-0.2, 0) is 25.9 Å². The van der Waals surface area contributed by atoms with E-state index >= 15 is 0 Å². The van der Waals surface area contributed by atoms with Crippen molar-refractivity contribution in [2.45, 2.75) is 39.0 Å². The van der Waals surface area contributed by atoms with Gasteiger partial charge in [0.1, 0.15) is 11.3 Å². The van der Waals surface area contributed by atoms with E-state index in [2.05, 4.69) is 39.2 Å². The van der Waals surface area contributed by atoms with Gasteiger partial charge >= 0.3 is 0 Å². The Morgan fingerprint density at radius 2 is 1.97 bits per heavy atom. The van der Waals surface area contributed by atoms with Gasteiger partial charge in [-0.05, 0) is 36.6 Å². The highest BCUT2D eigenvalue weighted by Gasteiger charge is 2.23. The zero-order chi connectivity index (χ0) is 22.9. The topological polar surface area (TPSA) is 102 Å². The third-order valence-electron chi connectivity index (χ3n) is 6.35. The van der Waals surface area contributed by atoms with Crippen LogP contribution in [0.15, 0.2) is 55.0 Å². The minimum absolute atomic E-state index is 0.208. The molecule has 0 saturated carbocycles. The number of fused-ring (bicyclic) bond motifs is 2. The fourth-order valence-electron chi connectivity index (χ4n) is 4.64. The molecule has 33 heavy (non-hydrogen) atoms. The Kier molecular flexibility index (Phi) is 5.70. The first kappa shape index (κ1) is 21.4. The standard InChI is InChI=1S/C25H28N6O2/c1-2-30-14-20(12-27-30)19-7-8-23-28-24(25(26)33)22(31(23)15-19)11-21(32)16-29-10-9-17-5-3-4-6-18(17)13-29/h3-8,12,14-15,21,32H,2,9-11,13,16H2,1H3,(H2,26,33). The monoisotopic (exact) mass is 444 g/mol. The van der Waals surface area contributed by atoms with Gasteiger partial charge in [0, 0.05) is 56.1 Å². The van der Waals surface area contributed by atoms with Gasteiger partial charge in [-0.3, -0.25) is 14.4 Å². The molecule has 8 heteroatoms. The Morgan fingerprint density at radius 3 is 2.73 bits per heavy atom. The molecule has 0 spiro atoms. The zero-order valence-electron chi connectivity index (χ0n) is 18.7. The molecule has 1 atom stereocenters. The first-order chi connectivity index (χ1) is 16.0. The van der Waals surface area contributed by atoms with Crippen LogP contribution in [0.25, 0.3) is 16.8 Å². The normalized spacial score (nSPS) is 15.0. The fraction of sp³-hybridized carbons (Fsp3) is 0.320. The summed E-state index contributed by atoms with van der Waals surface area (Å²) in [6.07, 6.45) is 6.34. The number of β-amino-alcohol motifs (C(OH)–C–C–N with tert-alkyl or cyclic N) is 1. The molecule has 0 aliphatic carbocycles. The summed E-state index contributed by atoms with van der Waals surface area (Å²) in [5, 5.41) is 15.3. The number of aliphatic hydroxyl groups excluding tert-OH is 1. The van der Waals surface area contributed by atoms with E-state index in [1.165, 1.54) is 11.1 Å². The largest absolute Gasteiger partial charge is 0.391 e.